The molecule has 3 atom stereocenters. The summed E-state index contributed by atoms with van der Waals surface area (Å²) in [4.78, 5) is 0. The molecular formula is C17H24ClNO2. The van der Waals surface area contributed by atoms with Crippen LogP contribution in [0.2, 0.25) is 5.02 Å². The molecule has 3 rings (SSSR count). The molecular weight excluding hydrogens is 286 g/mol. The second-order valence-electron chi connectivity index (χ2n) is 6.87. The van der Waals surface area contributed by atoms with Crippen LogP contribution in [-0.4, -0.2) is 17.3 Å². The van der Waals surface area contributed by atoms with Crippen molar-refractivity contribution in [3.63, 3.8) is 0 Å². The molecule has 116 valence electrons. The molecule has 0 saturated carbocycles. The molecule has 1 aromatic carbocycles. The summed E-state index contributed by atoms with van der Waals surface area (Å²) in [7, 11) is 0. The number of fused-ring (bicyclic) bond motifs is 2. The van der Waals surface area contributed by atoms with E-state index in [1.54, 1.807) is 0 Å². The molecule has 3 nitrogen and oxygen atoms in total. The summed E-state index contributed by atoms with van der Waals surface area (Å²) in [6, 6.07) is 5.71. The number of hydrogen-bond acceptors (Lipinski definition) is 3. The fourth-order valence-corrected chi connectivity index (χ4v) is 3.98. The van der Waals surface area contributed by atoms with Crippen molar-refractivity contribution in [3.8, 4) is 5.75 Å². The molecule has 2 fully saturated rings. The van der Waals surface area contributed by atoms with Gasteiger partial charge in [-0.1, -0.05) is 31.5 Å². The van der Waals surface area contributed by atoms with Crippen molar-refractivity contribution in [1.29, 1.82) is 0 Å². The minimum atomic E-state index is -0.196. The Kier molecular flexibility index (Phi) is 3.71. The van der Waals surface area contributed by atoms with Gasteiger partial charge in [0, 0.05) is 23.6 Å². The SMILES string of the molecule is CC(C)[C@]12CC[C@@](C)(O1)[C@@H](Oc1cccc(Cl)c1CN)C2. The third-order valence-corrected chi connectivity index (χ3v) is 5.65. The minimum Gasteiger partial charge on any atom is -0.487 e. The third kappa shape index (κ3) is 2.36. The first-order valence-electron chi connectivity index (χ1n) is 7.74. The first-order valence-corrected chi connectivity index (χ1v) is 8.12. The summed E-state index contributed by atoms with van der Waals surface area (Å²) in [5.41, 5.74) is 6.47. The molecule has 2 N–H and O–H groups in total. The van der Waals surface area contributed by atoms with E-state index in [1.807, 2.05) is 18.2 Å². The van der Waals surface area contributed by atoms with Crippen LogP contribution < -0.4 is 10.5 Å². The lowest BCUT2D eigenvalue weighted by Crippen LogP contribution is -2.40. The quantitative estimate of drug-likeness (QED) is 0.917. The third-order valence-electron chi connectivity index (χ3n) is 5.29. The van der Waals surface area contributed by atoms with Gasteiger partial charge >= 0.3 is 0 Å². The van der Waals surface area contributed by atoms with Crippen LogP contribution in [0.3, 0.4) is 0 Å². The zero-order valence-electron chi connectivity index (χ0n) is 13.0. The van der Waals surface area contributed by atoms with Crippen LogP contribution in [0.15, 0.2) is 18.2 Å². The van der Waals surface area contributed by atoms with Gasteiger partial charge in [-0.15, -0.1) is 0 Å². The zero-order chi connectivity index (χ0) is 15.3. The van der Waals surface area contributed by atoms with Crippen molar-refractivity contribution in [3.05, 3.63) is 28.8 Å². The van der Waals surface area contributed by atoms with E-state index in [2.05, 4.69) is 20.8 Å². The van der Waals surface area contributed by atoms with Gasteiger partial charge in [0.2, 0.25) is 0 Å². The highest BCUT2D eigenvalue weighted by Crippen LogP contribution is 2.55. The summed E-state index contributed by atoms with van der Waals surface area (Å²) in [6.45, 7) is 7.02. The Morgan fingerprint density at radius 2 is 2.19 bits per heavy atom. The van der Waals surface area contributed by atoms with Crippen LogP contribution in [0.25, 0.3) is 0 Å². The smallest absolute Gasteiger partial charge is 0.130 e. The topological polar surface area (TPSA) is 44.5 Å². The standard InChI is InChI=1S/C17H24ClNO2/c1-11(2)17-8-7-16(3,21-17)15(9-17)20-14-6-4-5-13(18)12(14)10-19/h4-6,11,15H,7-10,19H2,1-3H3/t15-,16+,17+/m0/s1. The Balaban J connectivity index is 1.86. The molecule has 4 heteroatoms. The van der Waals surface area contributed by atoms with Crippen molar-refractivity contribution in [1.82, 2.24) is 0 Å². The van der Waals surface area contributed by atoms with Gasteiger partial charge < -0.3 is 15.2 Å². The van der Waals surface area contributed by atoms with Crippen LogP contribution in [0.1, 0.15) is 45.6 Å². The van der Waals surface area contributed by atoms with Gasteiger partial charge in [0.1, 0.15) is 17.5 Å². The Labute approximate surface area is 131 Å². The van der Waals surface area contributed by atoms with E-state index in [0.29, 0.717) is 17.5 Å². The molecule has 0 aromatic heterocycles. The minimum absolute atomic E-state index is 0.0269. The molecule has 2 saturated heterocycles. The van der Waals surface area contributed by atoms with Crippen molar-refractivity contribution in [2.75, 3.05) is 0 Å². The van der Waals surface area contributed by atoms with Gasteiger partial charge in [-0.05, 0) is 37.8 Å². The van der Waals surface area contributed by atoms with Crippen molar-refractivity contribution >= 4 is 11.6 Å². The lowest BCUT2D eigenvalue weighted by molar-refractivity contribution is -0.0770. The second-order valence-corrected chi connectivity index (χ2v) is 7.27. The van der Waals surface area contributed by atoms with Gasteiger partial charge in [-0.25, -0.2) is 0 Å². The van der Waals surface area contributed by atoms with Crippen molar-refractivity contribution in [2.24, 2.45) is 11.7 Å². The van der Waals surface area contributed by atoms with Gasteiger partial charge in [-0.3, -0.25) is 0 Å². The first kappa shape index (κ1) is 15.1. The highest BCUT2D eigenvalue weighted by atomic mass is 35.5. The van der Waals surface area contributed by atoms with Crippen LogP contribution in [0.5, 0.6) is 5.75 Å². The van der Waals surface area contributed by atoms with E-state index < -0.39 is 0 Å². The van der Waals surface area contributed by atoms with E-state index in [4.69, 9.17) is 26.8 Å². The Hall–Kier alpha value is -0.770. The van der Waals surface area contributed by atoms with E-state index in [-0.39, 0.29) is 17.3 Å². The largest absolute Gasteiger partial charge is 0.487 e. The van der Waals surface area contributed by atoms with Crippen LogP contribution in [-0.2, 0) is 11.3 Å². The van der Waals surface area contributed by atoms with E-state index in [9.17, 15) is 0 Å². The average molecular weight is 310 g/mol. The van der Waals surface area contributed by atoms with E-state index >= 15 is 0 Å². The van der Waals surface area contributed by atoms with Crippen molar-refractivity contribution < 1.29 is 9.47 Å². The predicted octanol–water partition coefficient (Wildman–Crippen LogP) is 3.91. The van der Waals surface area contributed by atoms with Gasteiger partial charge in [0.05, 0.1) is 5.60 Å². The average Bonchev–Trinajstić information content (AvgIpc) is 2.91. The molecule has 0 amide bonds. The number of ether oxygens (including phenoxy) is 2. The van der Waals surface area contributed by atoms with Gasteiger partial charge in [0.15, 0.2) is 0 Å². The number of hydrogen-bond donors (Lipinski definition) is 1. The van der Waals surface area contributed by atoms with Crippen LogP contribution >= 0.6 is 11.6 Å². The summed E-state index contributed by atoms with van der Waals surface area (Å²) in [5.74, 6) is 1.30. The first-order chi connectivity index (χ1) is 9.90. The highest BCUT2D eigenvalue weighted by Gasteiger charge is 2.61. The number of halogens is 1. The maximum Gasteiger partial charge on any atom is 0.130 e. The second kappa shape index (κ2) is 5.15. The molecule has 0 radical (unpaired) electrons. The maximum atomic E-state index is 6.41. The van der Waals surface area contributed by atoms with E-state index in [0.717, 1.165) is 30.6 Å². The molecule has 1 aromatic rings. The van der Waals surface area contributed by atoms with Crippen LogP contribution in [0.4, 0.5) is 0 Å². The molecule has 2 aliphatic heterocycles. The molecule has 0 aliphatic carbocycles. The predicted molar refractivity (Wildman–Crippen MR) is 84.7 cm³/mol. The van der Waals surface area contributed by atoms with Crippen molar-refractivity contribution in [2.45, 2.75) is 63.9 Å². The normalized spacial score (nSPS) is 34.7. The van der Waals surface area contributed by atoms with E-state index in [1.165, 1.54) is 0 Å². The van der Waals surface area contributed by atoms with Gasteiger partial charge in [0.25, 0.3) is 0 Å². The zero-order valence-corrected chi connectivity index (χ0v) is 13.7. The highest BCUT2D eigenvalue weighted by molar-refractivity contribution is 6.31. The monoisotopic (exact) mass is 309 g/mol. The fourth-order valence-electron chi connectivity index (χ4n) is 3.74. The Morgan fingerprint density at radius 3 is 2.81 bits per heavy atom. The Morgan fingerprint density at radius 1 is 1.43 bits per heavy atom. The number of benzene rings is 1. The maximum absolute atomic E-state index is 6.41. The Bertz CT molecular complexity index is 548. The lowest BCUT2D eigenvalue weighted by atomic mass is 9.75. The summed E-state index contributed by atoms with van der Waals surface area (Å²) < 4.78 is 12.7. The molecule has 0 unspecified atom stereocenters. The number of nitrogens with two attached hydrogens (primary N) is 1. The van der Waals surface area contributed by atoms with Crippen LogP contribution in [0, 0.1) is 5.92 Å². The van der Waals surface area contributed by atoms with Gasteiger partial charge in [-0.2, -0.15) is 0 Å². The molecule has 2 bridgehead atoms. The molecule has 2 heterocycles. The lowest BCUT2D eigenvalue weighted by Gasteiger charge is -2.32. The summed E-state index contributed by atoms with van der Waals surface area (Å²) in [6.07, 6.45) is 3.18. The summed E-state index contributed by atoms with van der Waals surface area (Å²) >= 11 is 6.22. The molecule has 2 aliphatic rings. The molecule has 21 heavy (non-hydrogen) atoms. The fraction of sp³-hybridized carbons (Fsp3) is 0.647. The molecule has 0 spiro atoms. The number of rotatable bonds is 4. The summed E-state index contributed by atoms with van der Waals surface area (Å²) in [5, 5.41) is 0.669.